The van der Waals surface area contributed by atoms with Gasteiger partial charge in [-0.05, 0) is 23.8 Å². The van der Waals surface area contributed by atoms with Gasteiger partial charge in [0.2, 0.25) is 0 Å². The normalized spacial score (nSPS) is 11.7. The number of aliphatic hydroxyl groups excluding tert-OH is 1. The summed E-state index contributed by atoms with van der Waals surface area (Å²) in [5.74, 6) is -0.560. The summed E-state index contributed by atoms with van der Waals surface area (Å²) in [4.78, 5) is 0.932. The number of alkyl halides is 3. The number of hydrogen-bond acceptors (Lipinski definition) is 3. The number of nitrogens with zero attached hydrogens (tertiary/aromatic N) is 1. The van der Waals surface area contributed by atoms with E-state index in [1.807, 2.05) is 0 Å². The average Bonchev–Trinajstić information content (AvgIpc) is 2.26. The first-order valence-electron chi connectivity index (χ1n) is 5.28. The number of halogens is 4. The highest BCUT2D eigenvalue weighted by atomic mass is 19.4. The standard InChI is InChI=1S/C11H14F4N2O/c12-9-1-2-10(8(5-9)6-16)17(3-4-18)7-11(13,14)15/h1-2,5,18H,3-4,6-7,16H2. The summed E-state index contributed by atoms with van der Waals surface area (Å²) < 4.78 is 50.2. The number of nitrogens with two attached hydrogens (primary N) is 1. The minimum atomic E-state index is -4.41. The van der Waals surface area contributed by atoms with Crippen LogP contribution in [0.2, 0.25) is 0 Å². The van der Waals surface area contributed by atoms with Crippen molar-refractivity contribution in [2.75, 3.05) is 24.6 Å². The molecule has 3 nitrogen and oxygen atoms in total. The van der Waals surface area contributed by atoms with Crippen molar-refractivity contribution in [2.45, 2.75) is 12.7 Å². The van der Waals surface area contributed by atoms with Gasteiger partial charge in [0.25, 0.3) is 0 Å². The monoisotopic (exact) mass is 266 g/mol. The van der Waals surface area contributed by atoms with Gasteiger partial charge in [0.1, 0.15) is 12.4 Å². The first-order chi connectivity index (χ1) is 8.37. The highest BCUT2D eigenvalue weighted by Gasteiger charge is 2.31. The minimum Gasteiger partial charge on any atom is -0.395 e. The predicted octanol–water partition coefficient (Wildman–Crippen LogP) is 1.65. The lowest BCUT2D eigenvalue weighted by molar-refractivity contribution is -0.119. The zero-order valence-electron chi connectivity index (χ0n) is 9.54. The van der Waals surface area contributed by atoms with Crippen molar-refractivity contribution in [3.05, 3.63) is 29.6 Å². The Morgan fingerprint density at radius 1 is 1.28 bits per heavy atom. The van der Waals surface area contributed by atoms with E-state index in [-0.39, 0.29) is 24.3 Å². The Hall–Kier alpha value is -1.34. The van der Waals surface area contributed by atoms with Gasteiger partial charge in [-0.1, -0.05) is 0 Å². The second kappa shape index (κ2) is 6.01. The van der Waals surface area contributed by atoms with E-state index in [1.165, 1.54) is 6.07 Å². The Labute approximate surface area is 102 Å². The fraction of sp³-hybridized carbons (Fsp3) is 0.455. The Morgan fingerprint density at radius 3 is 2.44 bits per heavy atom. The maximum atomic E-state index is 13.0. The maximum Gasteiger partial charge on any atom is 0.405 e. The molecule has 0 aliphatic heterocycles. The van der Waals surface area contributed by atoms with E-state index in [0.29, 0.717) is 0 Å². The molecule has 0 fully saturated rings. The van der Waals surface area contributed by atoms with Crippen LogP contribution in [0.4, 0.5) is 23.2 Å². The van der Waals surface area contributed by atoms with Crippen LogP contribution in [0.25, 0.3) is 0 Å². The van der Waals surface area contributed by atoms with Gasteiger partial charge < -0.3 is 15.7 Å². The molecule has 0 bridgehead atoms. The summed E-state index contributed by atoms with van der Waals surface area (Å²) in [5, 5.41) is 8.80. The van der Waals surface area contributed by atoms with Gasteiger partial charge in [0, 0.05) is 18.8 Å². The van der Waals surface area contributed by atoms with Gasteiger partial charge in [0.05, 0.1) is 6.61 Å². The molecule has 18 heavy (non-hydrogen) atoms. The van der Waals surface area contributed by atoms with Crippen molar-refractivity contribution in [3.63, 3.8) is 0 Å². The molecule has 0 spiro atoms. The number of aliphatic hydroxyl groups is 1. The van der Waals surface area contributed by atoms with E-state index >= 15 is 0 Å². The van der Waals surface area contributed by atoms with E-state index in [1.54, 1.807) is 0 Å². The second-order valence-electron chi connectivity index (χ2n) is 3.74. The Balaban J connectivity index is 3.04. The van der Waals surface area contributed by atoms with Crippen LogP contribution in [0, 0.1) is 5.82 Å². The number of hydrogen-bond donors (Lipinski definition) is 2. The van der Waals surface area contributed by atoms with Gasteiger partial charge >= 0.3 is 6.18 Å². The average molecular weight is 266 g/mol. The predicted molar refractivity (Wildman–Crippen MR) is 59.6 cm³/mol. The molecule has 0 atom stereocenters. The first-order valence-corrected chi connectivity index (χ1v) is 5.28. The quantitative estimate of drug-likeness (QED) is 0.797. The third-order valence-electron chi connectivity index (χ3n) is 2.34. The Morgan fingerprint density at radius 2 is 1.94 bits per heavy atom. The second-order valence-corrected chi connectivity index (χ2v) is 3.74. The van der Waals surface area contributed by atoms with Gasteiger partial charge in [-0.15, -0.1) is 0 Å². The topological polar surface area (TPSA) is 49.5 Å². The third kappa shape index (κ3) is 4.15. The van der Waals surface area contributed by atoms with Crippen LogP contribution in [-0.4, -0.2) is 31.0 Å². The third-order valence-corrected chi connectivity index (χ3v) is 2.34. The molecule has 3 N–H and O–H groups in total. The molecule has 0 unspecified atom stereocenters. The molecule has 0 aromatic heterocycles. The van der Waals surface area contributed by atoms with Crippen molar-refractivity contribution in [1.29, 1.82) is 0 Å². The molecule has 0 heterocycles. The van der Waals surface area contributed by atoms with Crippen molar-refractivity contribution < 1.29 is 22.7 Å². The van der Waals surface area contributed by atoms with Crippen LogP contribution in [-0.2, 0) is 6.54 Å². The number of rotatable bonds is 5. The summed E-state index contributed by atoms with van der Waals surface area (Å²) in [7, 11) is 0. The molecular formula is C11H14F4N2O. The lowest BCUT2D eigenvalue weighted by Gasteiger charge is -2.27. The summed E-state index contributed by atoms with van der Waals surface area (Å²) in [6, 6.07) is 3.39. The summed E-state index contributed by atoms with van der Waals surface area (Å²) in [5.41, 5.74) is 5.84. The van der Waals surface area contributed by atoms with E-state index in [2.05, 4.69) is 0 Å². The SMILES string of the molecule is NCc1cc(F)ccc1N(CCO)CC(F)(F)F. The Bertz CT molecular complexity index is 395. The van der Waals surface area contributed by atoms with Crippen molar-refractivity contribution in [3.8, 4) is 0 Å². The lowest BCUT2D eigenvalue weighted by atomic mass is 10.1. The Kier molecular flexibility index (Phi) is 4.92. The van der Waals surface area contributed by atoms with Crippen LogP contribution in [0.3, 0.4) is 0 Å². The maximum absolute atomic E-state index is 13.0. The molecule has 0 aliphatic carbocycles. The molecule has 1 aromatic carbocycles. The molecule has 0 amide bonds. The van der Waals surface area contributed by atoms with E-state index < -0.39 is 25.1 Å². The van der Waals surface area contributed by atoms with Gasteiger partial charge in [-0.3, -0.25) is 0 Å². The zero-order valence-corrected chi connectivity index (χ0v) is 9.54. The van der Waals surface area contributed by atoms with Crippen molar-refractivity contribution in [1.82, 2.24) is 0 Å². The van der Waals surface area contributed by atoms with Crippen LogP contribution in [0.1, 0.15) is 5.56 Å². The van der Waals surface area contributed by atoms with Crippen molar-refractivity contribution in [2.24, 2.45) is 5.73 Å². The molecule has 0 saturated heterocycles. The fourth-order valence-corrected chi connectivity index (χ4v) is 1.65. The highest BCUT2D eigenvalue weighted by molar-refractivity contribution is 5.54. The van der Waals surface area contributed by atoms with Gasteiger partial charge in [0.15, 0.2) is 0 Å². The summed E-state index contributed by atoms with van der Waals surface area (Å²) in [6.45, 7) is -1.92. The molecule has 102 valence electrons. The zero-order chi connectivity index (χ0) is 13.8. The molecule has 1 aromatic rings. The molecular weight excluding hydrogens is 252 g/mol. The minimum absolute atomic E-state index is 0.0765. The van der Waals surface area contributed by atoms with Crippen molar-refractivity contribution >= 4 is 5.69 Å². The first kappa shape index (κ1) is 14.7. The highest BCUT2D eigenvalue weighted by Crippen LogP contribution is 2.25. The van der Waals surface area contributed by atoms with Crippen LogP contribution in [0.15, 0.2) is 18.2 Å². The molecule has 0 aliphatic rings. The smallest absolute Gasteiger partial charge is 0.395 e. The summed E-state index contributed by atoms with van der Waals surface area (Å²) in [6.07, 6.45) is -4.41. The van der Waals surface area contributed by atoms with Crippen LogP contribution >= 0.6 is 0 Å². The van der Waals surface area contributed by atoms with Gasteiger partial charge in [-0.25, -0.2) is 4.39 Å². The molecule has 0 saturated carbocycles. The number of anilines is 1. The largest absolute Gasteiger partial charge is 0.405 e. The lowest BCUT2D eigenvalue weighted by Crippen LogP contribution is -2.37. The fourth-order valence-electron chi connectivity index (χ4n) is 1.65. The molecule has 7 heteroatoms. The number of benzene rings is 1. The molecule has 1 rings (SSSR count). The van der Waals surface area contributed by atoms with E-state index in [9.17, 15) is 17.6 Å². The summed E-state index contributed by atoms with van der Waals surface area (Å²) >= 11 is 0. The van der Waals surface area contributed by atoms with E-state index in [0.717, 1.165) is 17.0 Å². The van der Waals surface area contributed by atoms with Crippen LogP contribution < -0.4 is 10.6 Å². The van der Waals surface area contributed by atoms with E-state index in [4.69, 9.17) is 10.8 Å². The van der Waals surface area contributed by atoms with Gasteiger partial charge in [-0.2, -0.15) is 13.2 Å². The molecule has 0 radical (unpaired) electrons. The van der Waals surface area contributed by atoms with Crippen LogP contribution in [0.5, 0.6) is 0 Å².